The number of hydrogen-bond donors (Lipinski definition) is 1. The quantitative estimate of drug-likeness (QED) is 0.208. The number of rotatable bonds is 3. The molecule has 1 N–H and O–H groups in total. The number of carbonyl (C=O) groups excluding carboxylic acids is 2. The van der Waals surface area contributed by atoms with Gasteiger partial charge in [0.1, 0.15) is 45.2 Å². The summed E-state index contributed by atoms with van der Waals surface area (Å²) in [6.07, 6.45) is -5.29. The second-order valence-electron chi connectivity index (χ2n) is 14.6. The van der Waals surface area contributed by atoms with E-state index >= 15 is 22.0 Å². The lowest BCUT2D eigenvalue weighted by Crippen LogP contribution is -2.57. The normalized spacial score (nSPS) is 17.9. The first kappa shape index (κ1) is 36.0. The van der Waals surface area contributed by atoms with Gasteiger partial charge in [0, 0.05) is 29.4 Å². The van der Waals surface area contributed by atoms with Gasteiger partial charge < -0.3 is 14.4 Å². The molecular weight excluding hydrogens is 695 g/mol. The average molecular weight is 731 g/mol. The van der Waals surface area contributed by atoms with E-state index < -0.39 is 63.4 Å². The third-order valence-electron chi connectivity index (χ3n) is 8.50. The number of anilines is 2. The molecular formula is C35H35F5N6O4S. The van der Waals surface area contributed by atoms with Gasteiger partial charge in [-0.2, -0.15) is 18.4 Å². The molecule has 2 amide bonds. The number of carbonyl (C=O) groups is 2. The maximum Gasteiger partial charge on any atom is 0.417 e. The topological polar surface area (TPSA) is 121 Å². The molecule has 51 heavy (non-hydrogen) atoms. The summed E-state index contributed by atoms with van der Waals surface area (Å²) in [6, 6.07) is 3.85. The molecule has 2 aliphatic heterocycles. The second-order valence-corrected chi connectivity index (χ2v) is 15.6. The standard InChI is InChI=1S/C35H35F5N6O4S/c1-16-42-27-20(29(43-16)45-14-17-8-9-18(15-45)46(17)32(48)50-34(5,6)7)12-22(35(38,39)40)25(26(27)37)19-10-11-23(36)28-24(19)21(13-41)30(51-28)44-31(47)49-33(2,3)4/h10-12,17-18H,8-9,14-15H2,1-7H3,(H,44,47)/t17-,18+. The summed E-state index contributed by atoms with van der Waals surface area (Å²) in [5, 5.41) is 11.8. The van der Waals surface area contributed by atoms with Crippen molar-refractivity contribution in [1.29, 1.82) is 5.26 Å². The Bertz CT molecular complexity index is 2120. The van der Waals surface area contributed by atoms with Crippen LogP contribution < -0.4 is 10.2 Å². The Labute approximate surface area is 294 Å². The van der Waals surface area contributed by atoms with Gasteiger partial charge in [0.25, 0.3) is 0 Å². The van der Waals surface area contributed by atoms with E-state index in [0.29, 0.717) is 24.2 Å². The minimum absolute atomic E-state index is 0.0792. The number of aryl methyl sites for hydroxylation is 1. The molecule has 270 valence electrons. The summed E-state index contributed by atoms with van der Waals surface area (Å²) in [5.41, 5.74) is -5.14. The van der Waals surface area contributed by atoms with E-state index in [1.165, 1.54) is 6.92 Å². The van der Waals surface area contributed by atoms with Crippen molar-refractivity contribution in [3.63, 3.8) is 0 Å². The molecule has 2 atom stereocenters. The van der Waals surface area contributed by atoms with E-state index in [1.54, 1.807) is 51.3 Å². The number of halogens is 5. The van der Waals surface area contributed by atoms with Crippen LogP contribution in [0.1, 0.15) is 71.3 Å². The highest BCUT2D eigenvalue weighted by molar-refractivity contribution is 7.23. The van der Waals surface area contributed by atoms with Crippen LogP contribution in [0.2, 0.25) is 0 Å². The predicted molar refractivity (Wildman–Crippen MR) is 182 cm³/mol. The summed E-state index contributed by atoms with van der Waals surface area (Å²) in [7, 11) is 0. The lowest BCUT2D eigenvalue weighted by atomic mass is 9.92. The predicted octanol–water partition coefficient (Wildman–Crippen LogP) is 8.92. The molecule has 4 aromatic rings. The van der Waals surface area contributed by atoms with Gasteiger partial charge in [-0.3, -0.25) is 10.2 Å². The first-order valence-electron chi connectivity index (χ1n) is 16.2. The molecule has 10 nitrogen and oxygen atoms in total. The van der Waals surface area contributed by atoms with Gasteiger partial charge >= 0.3 is 18.4 Å². The monoisotopic (exact) mass is 730 g/mol. The smallest absolute Gasteiger partial charge is 0.417 e. The third-order valence-corrected chi connectivity index (χ3v) is 9.61. The molecule has 0 aliphatic carbocycles. The minimum atomic E-state index is -5.12. The maximum absolute atomic E-state index is 16.9. The van der Waals surface area contributed by atoms with Crippen molar-refractivity contribution in [2.75, 3.05) is 23.3 Å². The Balaban J connectivity index is 1.51. The molecule has 0 spiro atoms. The van der Waals surface area contributed by atoms with Gasteiger partial charge in [0.15, 0.2) is 5.82 Å². The molecule has 0 unspecified atom stereocenters. The fourth-order valence-electron chi connectivity index (χ4n) is 6.71. The number of nitrogens with zero attached hydrogens (tertiary/aromatic N) is 5. The van der Waals surface area contributed by atoms with Crippen molar-refractivity contribution in [2.45, 2.75) is 90.8 Å². The van der Waals surface area contributed by atoms with E-state index in [1.807, 2.05) is 6.07 Å². The van der Waals surface area contributed by atoms with Crippen LogP contribution in [-0.4, -0.2) is 63.4 Å². The molecule has 2 fully saturated rings. The number of amides is 2. The molecule has 2 aliphatic rings. The maximum atomic E-state index is 16.9. The van der Waals surface area contributed by atoms with Crippen molar-refractivity contribution in [2.24, 2.45) is 0 Å². The Morgan fingerprint density at radius 3 is 2.20 bits per heavy atom. The first-order valence-corrected chi connectivity index (χ1v) is 17.0. The SMILES string of the molecule is Cc1nc(N2C[C@H]3CC[C@@H](C2)N3C(=O)OC(C)(C)C)c2cc(C(F)(F)F)c(-c3ccc(F)c4sc(NC(=O)OC(C)(C)C)c(C#N)c34)c(F)c2n1. The summed E-state index contributed by atoms with van der Waals surface area (Å²) >= 11 is 0.614. The Morgan fingerprint density at radius 2 is 1.63 bits per heavy atom. The zero-order valence-corrected chi connectivity index (χ0v) is 29.7. The van der Waals surface area contributed by atoms with Crippen LogP contribution in [-0.2, 0) is 15.7 Å². The molecule has 2 aromatic carbocycles. The van der Waals surface area contributed by atoms with Crippen LogP contribution in [0.15, 0.2) is 18.2 Å². The van der Waals surface area contributed by atoms with Crippen LogP contribution in [0.5, 0.6) is 0 Å². The fourth-order valence-corrected chi connectivity index (χ4v) is 7.78. The largest absolute Gasteiger partial charge is 0.444 e. The molecule has 2 saturated heterocycles. The number of aromatic nitrogens is 2. The molecule has 0 saturated carbocycles. The highest BCUT2D eigenvalue weighted by Gasteiger charge is 2.45. The molecule has 2 bridgehead atoms. The molecule has 6 rings (SSSR count). The average Bonchev–Trinajstić information content (AvgIpc) is 3.49. The number of ether oxygens (including phenoxy) is 2. The van der Waals surface area contributed by atoms with Crippen molar-refractivity contribution in [1.82, 2.24) is 14.9 Å². The minimum Gasteiger partial charge on any atom is -0.444 e. The summed E-state index contributed by atoms with van der Waals surface area (Å²) in [6.45, 7) is 12.0. The third kappa shape index (κ3) is 6.83. The number of hydrogen-bond acceptors (Lipinski definition) is 9. The summed E-state index contributed by atoms with van der Waals surface area (Å²) < 4.78 is 87.7. The lowest BCUT2D eigenvalue weighted by Gasteiger charge is -2.42. The first-order chi connectivity index (χ1) is 23.7. The van der Waals surface area contributed by atoms with Gasteiger partial charge in [-0.05, 0) is 79.0 Å². The van der Waals surface area contributed by atoms with Crippen LogP contribution in [0.3, 0.4) is 0 Å². The zero-order chi connectivity index (χ0) is 37.4. The van der Waals surface area contributed by atoms with E-state index in [9.17, 15) is 14.9 Å². The van der Waals surface area contributed by atoms with Crippen molar-refractivity contribution >= 4 is 55.3 Å². The fraction of sp³-hybridized carbons (Fsp3) is 0.457. The van der Waals surface area contributed by atoms with E-state index in [0.717, 1.165) is 18.2 Å². The van der Waals surface area contributed by atoms with E-state index in [4.69, 9.17) is 9.47 Å². The van der Waals surface area contributed by atoms with Crippen LogP contribution in [0.4, 0.5) is 42.4 Å². The van der Waals surface area contributed by atoms with Crippen LogP contribution in [0, 0.1) is 29.9 Å². The highest BCUT2D eigenvalue weighted by atomic mass is 32.1. The number of thiophene rings is 1. The molecule has 4 heterocycles. The molecule has 0 radical (unpaired) electrons. The van der Waals surface area contributed by atoms with E-state index in [2.05, 4.69) is 15.3 Å². The Hall–Kier alpha value is -4.78. The summed E-state index contributed by atoms with van der Waals surface area (Å²) in [5.74, 6) is -2.06. The van der Waals surface area contributed by atoms with Crippen LogP contribution in [0.25, 0.3) is 32.1 Å². The lowest BCUT2D eigenvalue weighted by molar-refractivity contribution is -0.137. The van der Waals surface area contributed by atoms with Gasteiger partial charge in [-0.15, -0.1) is 11.3 Å². The zero-order valence-electron chi connectivity index (χ0n) is 28.9. The number of piperazine rings is 1. The van der Waals surface area contributed by atoms with Gasteiger partial charge in [0.2, 0.25) is 0 Å². The van der Waals surface area contributed by atoms with Gasteiger partial charge in [-0.25, -0.2) is 28.3 Å². The Morgan fingerprint density at radius 1 is 1.00 bits per heavy atom. The number of nitrogens with one attached hydrogen (secondary N) is 1. The van der Waals surface area contributed by atoms with Crippen molar-refractivity contribution < 1.29 is 41.0 Å². The Kier molecular flexibility index (Phi) is 8.81. The second kappa shape index (κ2) is 12.5. The highest BCUT2D eigenvalue weighted by Crippen LogP contribution is 2.48. The van der Waals surface area contributed by atoms with Crippen molar-refractivity contribution in [3.8, 4) is 17.2 Å². The van der Waals surface area contributed by atoms with Gasteiger partial charge in [0.05, 0.1) is 27.9 Å². The number of benzene rings is 2. The van der Waals surface area contributed by atoms with E-state index in [-0.39, 0.29) is 62.9 Å². The summed E-state index contributed by atoms with van der Waals surface area (Å²) in [4.78, 5) is 37.7. The molecule has 2 aromatic heterocycles. The van der Waals surface area contributed by atoms with Crippen LogP contribution >= 0.6 is 11.3 Å². The number of alkyl halides is 3. The van der Waals surface area contributed by atoms with Crippen molar-refractivity contribution in [3.05, 3.63) is 46.8 Å². The number of nitriles is 1. The van der Waals surface area contributed by atoms with Gasteiger partial charge in [-0.1, -0.05) is 6.07 Å². The number of fused-ring (bicyclic) bond motifs is 4. The molecule has 16 heteroatoms.